The molecule has 0 aliphatic carbocycles. The zero-order chi connectivity index (χ0) is 18.9. The van der Waals surface area contributed by atoms with E-state index < -0.39 is 5.82 Å². The largest absolute Gasteiger partial charge is 0.481 e. The fraction of sp³-hybridized carbons (Fsp3) is 0.526. The van der Waals surface area contributed by atoms with Crippen LogP contribution in [0.5, 0.6) is 11.8 Å². The van der Waals surface area contributed by atoms with Gasteiger partial charge in [0.2, 0.25) is 11.8 Å². The Morgan fingerprint density at radius 3 is 2.93 bits per heavy atom. The average molecular weight is 373 g/mol. The normalized spacial score (nSPS) is 21.7. The second-order valence-electron chi connectivity index (χ2n) is 7.38. The van der Waals surface area contributed by atoms with Gasteiger partial charge in [-0.15, -0.1) is 0 Å². The number of halogens is 1. The van der Waals surface area contributed by atoms with Gasteiger partial charge in [-0.2, -0.15) is 0 Å². The number of anilines is 1. The standard InChI is InChI=1S/C19H24FN5O2/c1-24-7-5-14(10-27-18-15(20)4-3-6-21-18)9-19(24)11-25(12-19)16-8-17(26-2)23-13-22-16/h3-4,6,8,13-14H,5,7,9-12H2,1-2H3/t14-/m1/s1. The van der Waals surface area contributed by atoms with Crippen LogP contribution in [-0.2, 0) is 0 Å². The molecule has 27 heavy (non-hydrogen) atoms. The molecule has 0 saturated carbocycles. The van der Waals surface area contributed by atoms with E-state index in [1.165, 1.54) is 12.4 Å². The van der Waals surface area contributed by atoms with Crippen molar-refractivity contribution in [1.29, 1.82) is 0 Å². The van der Waals surface area contributed by atoms with E-state index in [1.54, 1.807) is 19.4 Å². The molecule has 0 aromatic carbocycles. The second kappa shape index (κ2) is 7.26. The number of ether oxygens (including phenoxy) is 2. The highest BCUT2D eigenvalue weighted by molar-refractivity contribution is 5.46. The summed E-state index contributed by atoms with van der Waals surface area (Å²) in [5.41, 5.74) is 0.104. The Morgan fingerprint density at radius 1 is 1.30 bits per heavy atom. The van der Waals surface area contributed by atoms with E-state index >= 15 is 0 Å². The number of aromatic nitrogens is 3. The van der Waals surface area contributed by atoms with Crippen LogP contribution < -0.4 is 14.4 Å². The van der Waals surface area contributed by atoms with Gasteiger partial charge in [0, 0.05) is 25.4 Å². The summed E-state index contributed by atoms with van der Waals surface area (Å²) in [5.74, 6) is 1.52. The van der Waals surface area contributed by atoms with Gasteiger partial charge in [0.05, 0.1) is 19.3 Å². The van der Waals surface area contributed by atoms with E-state index in [0.29, 0.717) is 18.4 Å². The number of methoxy groups -OCH3 is 1. The number of rotatable bonds is 5. The molecule has 0 unspecified atom stereocenters. The number of pyridine rings is 1. The third kappa shape index (κ3) is 3.53. The van der Waals surface area contributed by atoms with Crippen LogP contribution in [0.4, 0.5) is 10.2 Å². The Labute approximate surface area is 158 Å². The number of likely N-dealkylation sites (tertiary alicyclic amines) is 1. The molecule has 8 heteroatoms. The smallest absolute Gasteiger partial charge is 0.250 e. The first-order valence-corrected chi connectivity index (χ1v) is 9.15. The zero-order valence-electron chi connectivity index (χ0n) is 15.6. The first kappa shape index (κ1) is 17.9. The van der Waals surface area contributed by atoms with Crippen molar-refractivity contribution >= 4 is 5.82 Å². The molecule has 4 rings (SSSR count). The quantitative estimate of drug-likeness (QED) is 0.794. The predicted molar refractivity (Wildman–Crippen MR) is 98.6 cm³/mol. The molecule has 144 valence electrons. The second-order valence-corrected chi connectivity index (χ2v) is 7.38. The Kier molecular flexibility index (Phi) is 4.82. The SMILES string of the molecule is COc1cc(N2CC3(C[C@H](COc4ncccc4F)CCN3C)C2)ncn1. The highest BCUT2D eigenvalue weighted by atomic mass is 19.1. The van der Waals surface area contributed by atoms with Crippen molar-refractivity contribution in [3.63, 3.8) is 0 Å². The minimum Gasteiger partial charge on any atom is -0.481 e. The van der Waals surface area contributed by atoms with Gasteiger partial charge in [-0.3, -0.25) is 4.90 Å². The summed E-state index contributed by atoms with van der Waals surface area (Å²) in [5, 5.41) is 0. The number of nitrogens with zero attached hydrogens (tertiary/aromatic N) is 5. The van der Waals surface area contributed by atoms with Crippen LogP contribution in [-0.4, -0.2) is 65.8 Å². The maximum Gasteiger partial charge on any atom is 0.250 e. The third-order valence-corrected chi connectivity index (χ3v) is 5.66. The van der Waals surface area contributed by atoms with Crippen LogP contribution in [0.25, 0.3) is 0 Å². The summed E-state index contributed by atoms with van der Waals surface area (Å²) >= 11 is 0. The van der Waals surface area contributed by atoms with E-state index in [1.807, 2.05) is 6.07 Å². The molecule has 2 aromatic heterocycles. The molecule has 2 fully saturated rings. The fourth-order valence-electron chi connectivity index (χ4n) is 4.04. The van der Waals surface area contributed by atoms with Crippen LogP contribution in [0.2, 0.25) is 0 Å². The Balaban J connectivity index is 1.38. The van der Waals surface area contributed by atoms with Crippen molar-refractivity contribution in [1.82, 2.24) is 19.9 Å². The maximum atomic E-state index is 13.7. The lowest BCUT2D eigenvalue weighted by atomic mass is 9.75. The Hall–Kier alpha value is -2.48. The van der Waals surface area contributed by atoms with E-state index in [0.717, 1.165) is 38.3 Å². The Bertz CT molecular complexity index is 799. The lowest BCUT2D eigenvalue weighted by Gasteiger charge is -2.58. The number of likely N-dealkylation sites (N-methyl/N-ethyl adjacent to an activating group) is 1. The van der Waals surface area contributed by atoms with Gasteiger partial charge < -0.3 is 14.4 Å². The minimum atomic E-state index is -0.410. The molecule has 1 spiro atoms. The van der Waals surface area contributed by atoms with Crippen molar-refractivity contribution in [2.24, 2.45) is 5.92 Å². The van der Waals surface area contributed by atoms with E-state index in [-0.39, 0.29) is 11.4 Å². The monoisotopic (exact) mass is 373 g/mol. The van der Waals surface area contributed by atoms with Crippen molar-refractivity contribution < 1.29 is 13.9 Å². The minimum absolute atomic E-state index is 0.0915. The highest BCUT2D eigenvalue weighted by Crippen LogP contribution is 2.40. The van der Waals surface area contributed by atoms with Crippen LogP contribution in [0.3, 0.4) is 0 Å². The van der Waals surface area contributed by atoms with Gasteiger partial charge in [0.1, 0.15) is 12.1 Å². The molecule has 2 aromatic rings. The van der Waals surface area contributed by atoms with Crippen molar-refractivity contribution in [3.05, 3.63) is 36.5 Å². The molecule has 4 heterocycles. The van der Waals surface area contributed by atoms with Gasteiger partial charge in [-0.1, -0.05) is 0 Å². The Morgan fingerprint density at radius 2 is 2.15 bits per heavy atom. The molecule has 2 aliphatic heterocycles. The summed E-state index contributed by atoms with van der Waals surface area (Å²) in [6, 6.07) is 4.80. The first-order valence-electron chi connectivity index (χ1n) is 9.15. The number of hydrogen-bond acceptors (Lipinski definition) is 7. The summed E-state index contributed by atoms with van der Waals surface area (Å²) in [7, 11) is 3.78. The zero-order valence-corrected chi connectivity index (χ0v) is 15.6. The van der Waals surface area contributed by atoms with Gasteiger partial charge in [0.25, 0.3) is 0 Å². The molecule has 2 aliphatic rings. The van der Waals surface area contributed by atoms with Crippen molar-refractivity contribution in [2.45, 2.75) is 18.4 Å². The lowest BCUT2D eigenvalue weighted by Crippen LogP contribution is -2.72. The number of piperidine rings is 1. The molecule has 0 bridgehead atoms. The molecule has 1 atom stereocenters. The maximum absolute atomic E-state index is 13.7. The summed E-state index contributed by atoms with van der Waals surface area (Å²) in [6.45, 7) is 3.29. The van der Waals surface area contributed by atoms with Gasteiger partial charge in [-0.05, 0) is 44.5 Å². The van der Waals surface area contributed by atoms with Crippen LogP contribution in [0.15, 0.2) is 30.7 Å². The van der Waals surface area contributed by atoms with Crippen molar-refractivity contribution in [3.8, 4) is 11.8 Å². The van der Waals surface area contributed by atoms with Gasteiger partial charge >= 0.3 is 0 Å². The predicted octanol–water partition coefficient (Wildman–Crippen LogP) is 2.00. The number of hydrogen-bond donors (Lipinski definition) is 0. The van der Waals surface area contributed by atoms with E-state index in [9.17, 15) is 4.39 Å². The van der Waals surface area contributed by atoms with Gasteiger partial charge in [0.15, 0.2) is 5.82 Å². The van der Waals surface area contributed by atoms with Crippen molar-refractivity contribution in [2.75, 3.05) is 45.3 Å². The fourth-order valence-corrected chi connectivity index (χ4v) is 4.04. The molecular weight excluding hydrogens is 349 g/mol. The molecule has 0 amide bonds. The topological polar surface area (TPSA) is 63.6 Å². The lowest BCUT2D eigenvalue weighted by molar-refractivity contribution is 0.00515. The summed E-state index contributed by atoms with van der Waals surface area (Å²) < 4.78 is 24.6. The molecule has 0 radical (unpaired) electrons. The van der Waals surface area contributed by atoms with E-state index in [4.69, 9.17) is 9.47 Å². The van der Waals surface area contributed by atoms with E-state index in [2.05, 4.69) is 31.8 Å². The van der Waals surface area contributed by atoms with Crippen LogP contribution >= 0.6 is 0 Å². The first-order chi connectivity index (χ1) is 13.1. The van der Waals surface area contributed by atoms with Crippen LogP contribution in [0, 0.1) is 11.7 Å². The summed E-state index contributed by atoms with van der Waals surface area (Å²) in [6.07, 6.45) is 5.13. The molecule has 7 nitrogen and oxygen atoms in total. The highest BCUT2D eigenvalue weighted by Gasteiger charge is 2.50. The van der Waals surface area contributed by atoms with Crippen LogP contribution in [0.1, 0.15) is 12.8 Å². The third-order valence-electron chi connectivity index (χ3n) is 5.66. The van der Waals surface area contributed by atoms with Gasteiger partial charge in [-0.25, -0.2) is 19.3 Å². The average Bonchev–Trinajstić information content (AvgIpc) is 2.67. The molecule has 2 saturated heterocycles. The summed E-state index contributed by atoms with van der Waals surface area (Å²) in [4.78, 5) is 17.1. The molecular formula is C19H24FN5O2. The molecule has 0 N–H and O–H groups in total.